The minimum atomic E-state index is 0.681. The summed E-state index contributed by atoms with van der Waals surface area (Å²) in [4.78, 5) is 2.16. The fourth-order valence-electron chi connectivity index (χ4n) is 1.90. The van der Waals surface area contributed by atoms with E-state index >= 15 is 0 Å². The lowest BCUT2D eigenvalue weighted by atomic mass is 10.2. The van der Waals surface area contributed by atoms with E-state index in [9.17, 15) is 0 Å². The Kier molecular flexibility index (Phi) is 6.87. The Labute approximate surface area is 116 Å². The first kappa shape index (κ1) is 16.0. The fourth-order valence-corrected chi connectivity index (χ4v) is 1.90. The average Bonchev–Trinajstić information content (AvgIpc) is 2.74. The summed E-state index contributed by atoms with van der Waals surface area (Å²) < 4.78 is 7.44. The maximum Gasteiger partial charge on any atom is 0.159 e. The van der Waals surface area contributed by atoms with E-state index in [-0.39, 0.29) is 0 Å². The van der Waals surface area contributed by atoms with Crippen molar-refractivity contribution in [3.8, 4) is 5.75 Å². The number of nitrogens with zero attached hydrogens (tertiary/aromatic N) is 3. The van der Waals surface area contributed by atoms with Gasteiger partial charge in [0.15, 0.2) is 5.75 Å². The molecule has 0 saturated carbocycles. The Bertz CT molecular complexity index is 360. The van der Waals surface area contributed by atoms with Gasteiger partial charge in [0.05, 0.1) is 25.5 Å². The van der Waals surface area contributed by atoms with Crippen LogP contribution in [0.4, 0.5) is 0 Å². The Balaban J connectivity index is 2.54. The third-order valence-electron chi connectivity index (χ3n) is 2.98. The second kappa shape index (κ2) is 8.17. The number of nitrogens with one attached hydrogen (secondary N) is 1. The maximum atomic E-state index is 5.39. The smallest absolute Gasteiger partial charge is 0.159 e. The lowest BCUT2D eigenvalue weighted by Gasteiger charge is -2.13. The number of methoxy groups -OCH3 is 1. The predicted octanol–water partition coefficient (Wildman–Crippen LogP) is 1.24. The molecule has 0 aromatic carbocycles. The lowest BCUT2D eigenvalue weighted by Crippen LogP contribution is -2.24. The highest BCUT2D eigenvalue weighted by Crippen LogP contribution is 2.17. The van der Waals surface area contributed by atoms with Gasteiger partial charge < -0.3 is 15.0 Å². The lowest BCUT2D eigenvalue weighted by molar-refractivity contribution is 0.365. The molecule has 5 nitrogen and oxygen atoms in total. The van der Waals surface area contributed by atoms with Crippen molar-refractivity contribution in [1.82, 2.24) is 20.0 Å². The SMILES string of the molecule is COc1cnn(CCN(C)C)c1CCNCC(C)C. The van der Waals surface area contributed by atoms with Crippen LogP contribution in [0.2, 0.25) is 0 Å². The Morgan fingerprint density at radius 3 is 2.74 bits per heavy atom. The largest absolute Gasteiger partial charge is 0.493 e. The number of likely N-dealkylation sites (N-methyl/N-ethyl adjacent to an activating group) is 1. The summed E-state index contributed by atoms with van der Waals surface area (Å²) in [5.74, 6) is 1.57. The van der Waals surface area contributed by atoms with Gasteiger partial charge in [-0.3, -0.25) is 4.68 Å². The first-order chi connectivity index (χ1) is 9.04. The van der Waals surface area contributed by atoms with Crippen molar-refractivity contribution >= 4 is 0 Å². The first-order valence-electron chi connectivity index (χ1n) is 6.98. The summed E-state index contributed by atoms with van der Waals surface area (Å²) in [6.45, 7) is 8.33. The summed E-state index contributed by atoms with van der Waals surface area (Å²) >= 11 is 0. The molecule has 1 aromatic heterocycles. The molecule has 0 saturated heterocycles. The van der Waals surface area contributed by atoms with Gasteiger partial charge in [-0.1, -0.05) is 13.8 Å². The molecule has 0 aliphatic carbocycles. The zero-order valence-electron chi connectivity index (χ0n) is 12.9. The van der Waals surface area contributed by atoms with E-state index < -0.39 is 0 Å². The van der Waals surface area contributed by atoms with Gasteiger partial charge in [-0.2, -0.15) is 5.10 Å². The molecule has 0 atom stereocenters. The number of aromatic nitrogens is 2. The van der Waals surface area contributed by atoms with Crippen molar-refractivity contribution in [2.24, 2.45) is 5.92 Å². The standard InChI is InChI=1S/C14H28N4O/c1-12(2)10-15-7-6-13-14(19-5)11-16-18(13)9-8-17(3)4/h11-12,15H,6-10H2,1-5H3. The van der Waals surface area contributed by atoms with Gasteiger partial charge in [-0.25, -0.2) is 0 Å². The molecular formula is C14H28N4O. The Hall–Kier alpha value is -1.07. The molecule has 0 fully saturated rings. The third kappa shape index (κ3) is 5.61. The second-order valence-electron chi connectivity index (χ2n) is 5.53. The molecule has 0 bridgehead atoms. The molecule has 110 valence electrons. The summed E-state index contributed by atoms with van der Waals surface area (Å²) in [5, 5.41) is 7.87. The summed E-state index contributed by atoms with van der Waals surface area (Å²) in [7, 11) is 5.85. The van der Waals surface area contributed by atoms with Crippen molar-refractivity contribution in [2.75, 3.05) is 40.8 Å². The monoisotopic (exact) mass is 268 g/mol. The maximum absolute atomic E-state index is 5.39. The van der Waals surface area contributed by atoms with Crippen LogP contribution in [0, 0.1) is 5.92 Å². The van der Waals surface area contributed by atoms with Crippen molar-refractivity contribution in [3.63, 3.8) is 0 Å². The van der Waals surface area contributed by atoms with Crippen molar-refractivity contribution in [3.05, 3.63) is 11.9 Å². The number of hydrogen-bond donors (Lipinski definition) is 1. The third-order valence-corrected chi connectivity index (χ3v) is 2.98. The molecule has 0 aliphatic rings. The van der Waals surface area contributed by atoms with E-state index in [0.29, 0.717) is 5.92 Å². The molecule has 19 heavy (non-hydrogen) atoms. The molecule has 0 aliphatic heterocycles. The fraction of sp³-hybridized carbons (Fsp3) is 0.786. The van der Waals surface area contributed by atoms with E-state index in [1.165, 1.54) is 5.69 Å². The molecule has 1 heterocycles. The molecule has 1 rings (SSSR count). The van der Waals surface area contributed by atoms with Gasteiger partial charge >= 0.3 is 0 Å². The van der Waals surface area contributed by atoms with Crippen molar-refractivity contribution < 1.29 is 4.74 Å². The second-order valence-corrected chi connectivity index (χ2v) is 5.53. The summed E-state index contributed by atoms with van der Waals surface area (Å²) in [6, 6.07) is 0. The van der Waals surface area contributed by atoms with Crippen molar-refractivity contribution in [1.29, 1.82) is 0 Å². The number of ether oxygens (including phenoxy) is 1. The van der Waals surface area contributed by atoms with E-state index in [2.05, 4.69) is 47.9 Å². The number of rotatable bonds is 9. The molecular weight excluding hydrogens is 240 g/mol. The zero-order valence-corrected chi connectivity index (χ0v) is 12.9. The molecule has 1 aromatic rings. The molecule has 0 spiro atoms. The zero-order chi connectivity index (χ0) is 14.3. The minimum Gasteiger partial charge on any atom is -0.493 e. The van der Waals surface area contributed by atoms with Crippen LogP contribution in [0.3, 0.4) is 0 Å². The predicted molar refractivity (Wildman–Crippen MR) is 78.7 cm³/mol. The topological polar surface area (TPSA) is 42.3 Å². The van der Waals surface area contributed by atoms with Crippen LogP contribution in [-0.2, 0) is 13.0 Å². The van der Waals surface area contributed by atoms with Crippen LogP contribution < -0.4 is 10.1 Å². The van der Waals surface area contributed by atoms with E-state index in [1.54, 1.807) is 7.11 Å². The van der Waals surface area contributed by atoms with Crippen LogP contribution in [0.15, 0.2) is 6.20 Å². The van der Waals surface area contributed by atoms with E-state index in [0.717, 1.165) is 38.3 Å². The highest BCUT2D eigenvalue weighted by atomic mass is 16.5. The number of hydrogen-bond acceptors (Lipinski definition) is 4. The van der Waals surface area contributed by atoms with Gasteiger partial charge in [-0.15, -0.1) is 0 Å². The van der Waals surface area contributed by atoms with Gasteiger partial charge in [0.25, 0.3) is 0 Å². The highest BCUT2D eigenvalue weighted by Gasteiger charge is 2.11. The van der Waals surface area contributed by atoms with Gasteiger partial charge in [0, 0.05) is 19.5 Å². The summed E-state index contributed by atoms with van der Waals surface area (Å²) in [5.41, 5.74) is 1.18. The molecule has 0 amide bonds. The highest BCUT2D eigenvalue weighted by molar-refractivity contribution is 5.25. The molecule has 0 unspecified atom stereocenters. The van der Waals surface area contributed by atoms with E-state index in [1.807, 2.05) is 6.20 Å². The molecule has 0 radical (unpaired) electrons. The van der Waals surface area contributed by atoms with E-state index in [4.69, 9.17) is 4.74 Å². The minimum absolute atomic E-state index is 0.681. The van der Waals surface area contributed by atoms with Crippen LogP contribution in [-0.4, -0.2) is 55.5 Å². The summed E-state index contributed by atoms with van der Waals surface area (Å²) in [6.07, 6.45) is 2.76. The quantitative estimate of drug-likeness (QED) is 0.684. The van der Waals surface area contributed by atoms with Crippen LogP contribution in [0.25, 0.3) is 0 Å². The first-order valence-corrected chi connectivity index (χ1v) is 6.98. The Morgan fingerprint density at radius 2 is 2.16 bits per heavy atom. The van der Waals surface area contributed by atoms with Crippen LogP contribution in [0.1, 0.15) is 19.5 Å². The molecule has 5 heteroatoms. The van der Waals surface area contributed by atoms with Gasteiger partial charge in [0.1, 0.15) is 0 Å². The van der Waals surface area contributed by atoms with Crippen LogP contribution in [0.5, 0.6) is 5.75 Å². The van der Waals surface area contributed by atoms with Gasteiger partial charge in [0.2, 0.25) is 0 Å². The molecule has 1 N–H and O–H groups in total. The van der Waals surface area contributed by atoms with Gasteiger partial charge in [-0.05, 0) is 26.6 Å². The Morgan fingerprint density at radius 1 is 1.42 bits per heavy atom. The van der Waals surface area contributed by atoms with Crippen LogP contribution >= 0.6 is 0 Å². The van der Waals surface area contributed by atoms with Crippen molar-refractivity contribution in [2.45, 2.75) is 26.8 Å². The normalized spacial score (nSPS) is 11.5. The average molecular weight is 268 g/mol.